The summed E-state index contributed by atoms with van der Waals surface area (Å²) < 4.78 is 0. The van der Waals surface area contributed by atoms with Gasteiger partial charge in [-0.3, -0.25) is 0 Å². The van der Waals surface area contributed by atoms with Crippen LogP contribution in [0.1, 0.15) is 37.6 Å². The summed E-state index contributed by atoms with van der Waals surface area (Å²) in [6.07, 6.45) is 4.85. The summed E-state index contributed by atoms with van der Waals surface area (Å²) in [4.78, 5) is 11.3. The number of rotatable bonds is 5. The third-order valence-corrected chi connectivity index (χ3v) is 3.99. The summed E-state index contributed by atoms with van der Waals surface area (Å²) in [5.41, 5.74) is 0.942. The fraction of sp³-hybridized carbons (Fsp3) is 0.714. The molecule has 1 fully saturated rings. The van der Waals surface area contributed by atoms with E-state index >= 15 is 0 Å². The zero-order valence-corrected chi connectivity index (χ0v) is 12.6. The molecule has 0 bridgehead atoms. The molecule has 0 amide bonds. The fourth-order valence-electron chi connectivity index (χ4n) is 2.38. The first-order valence-electron chi connectivity index (χ1n) is 7.20. The Morgan fingerprint density at radius 2 is 1.95 bits per heavy atom. The Balaban J connectivity index is 1.89. The third-order valence-electron chi connectivity index (χ3n) is 3.62. The van der Waals surface area contributed by atoms with Crippen LogP contribution in [0.4, 0.5) is 5.82 Å². The van der Waals surface area contributed by atoms with Crippen LogP contribution in [0, 0.1) is 6.92 Å². The van der Waals surface area contributed by atoms with Gasteiger partial charge in [0.2, 0.25) is 0 Å². The Morgan fingerprint density at radius 3 is 2.63 bits per heavy atom. The van der Waals surface area contributed by atoms with Crippen LogP contribution in [-0.2, 0) is 6.42 Å². The minimum absolute atomic E-state index is 0.562. The maximum Gasteiger partial charge on any atom is 0.137 e. The van der Waals surface area contributed by atoms with Crippen LogP contribution in [0.3, 0.4) is 0 Å². The molecule has 0 aliphatic carbocycles. The summed E-state index contributed by atoms with van der Waals surface area (Å²) >= 11 is 6.12. The van der Waals surface area contributed by atoms with E-state index in [0.29, 0.717) is 5.15 Å². The molecule has 0 aromatic carbocycles. The quantitative estimate of drug-likeness (QED) is 0.843. The van der Waals surface area contributed by atoms with Crippen LogP contribution in [0.15, 0.2) is 0 Å². The van der Waals surface area contributed by atoms with Gasteiger partial charge in [-0.1, -0.05) is 24.9 Å². The molecular weight excluding hydrogens is 260 g/mol. The van der Waals surface area contributed by atoms with Gasteiger partial charge < -0.3 is 10.2 Å². The molecule has 2 rings (SSSR count). The summed E-state index contributed by atoms with van der Waals surface area (Å²) in [5, 5.41) is 3.96. The van der Waals surface area contributed by atoms with Crippen molar-refractivity contribution in [3.8, 4) is 0 Å². The number of likely N-dealkylation sites (tertiary alicyclic amines) is 1. The Labute approximate surface area is 120 Å². The summed E-state index contributed by atoms with van der Waals surface area (Å²) in [7, 11) is 0. The zero-order chi connectivity index (χ0) is 13.7. The summed E-state index contributed by atoms with van der Waals surface area (Å²) in [6, 6.07) is 0. The molecule has 0 spiro atoms. The van der Waals surface area contributed by atoms with Crippen molar-refractivity contribution in [3.05, 3.63) is 16.5 Å². The van der Waals surface area contributed by atoms with Crippen LogP contribution >= 0.6 is 11.6 Å². The predicted molar refractivity (Wildman–Crippen MR) is 79.9 cm³/mol. The second-order valence-electron chi connectivity index (χ2n) is 5.09. The average Bonchev–Trinajstić information content (AvgIpc) is 2.44. The molecule has 19 heavy (non-hydrogen) atoms. The lowest BCUT2D eigenvalue weighted by atomic mass is 10.1. The standard InChI is InChI=1S/C14H23ClN4/c1-3-12-17-13(15)11(2)14(18-12)16-7-10-19-8-5-4-6-9-19/h3-10H2,1-2H3,(H,16,17,18). The highest BCUT2D eigenvalue weighted by Crippen LogP contribution is 2.19. The monoisotopic (exact) mass is 282 g/mol. The number of nitrogens with zero attached hydrogens (tertiary/aromatic N) is 3. The van der Waals surface area contributed by atoms with Gasteiger partial charge in [-0.2, -0.15) is 0 Å². The minimum Gasteiger partial charge on any atom is -0.368 e. The van der Waals surface area contributed by atoms with Crippen LogP contribution in [0.5, 0.6) is 0 Å². The van der Waals surface area contributed by atoms with Crippen LogP contribution in [0.2, 0.25) is 5.15 Å². The van der Waals surface area contributed by atoms with E-state index in [9.17, 15) is 0 Å². The Kier molecular flexibility index (Phi) is 5.40. The number of halogens is 1. The van der Waals surface area contributed by atoms with Gasteiger partial charge in [-0.15, -0.1) is 0 Å². The van der Waals surface area contributed by atoms with Gasteiger partial charge in [0.05, 0.1) is 0 Å². The molecule has 0 atom stereocenters. The van der Waals surface area contributed by atoms with Gasteiger partial charge in [0.25, 0.3) is 0 Å². The van der Waals surface area contributed by atoms with Gasteiger partial charge in [0.1, 0.15) is 16.8 Å². The van der Waals surface area contributed by atoms with Gasteiger partial charge in [-0.05, 0) is 32.9 Å². The van der Waals surface area contributed by atoms with E-state index in [2.05, 4.69) is 20.2 Å². The molecular formula is C14H23ClN4. The van der Waals surface area contributed by atoms with Gasteiger partial charge in [0, 0.05) is 25.1 Å². The number of anilines is 1. The van der Waals surface area contributed by atoms with E-state index in [1.54, 1.807) is 0 Å². The van der Waals surface area contributed by atoms with Crippen molar-refractivity contribution >= 4 is 17.4 Å². The van der Waals surface area contributed by atoms with E-state index in [1.165, 1.54) is 32.4 Å². The maximum atomic E-state index is 6.12. The van der Waals surface area contributed by atoms with Crippen LogP contribution in [-0.4, -0.2) is 41.0 Å². The van der Waals surface area contributed by atoms with Gasteiger partial charge in [-0.25, -0.2) is 9.97 Å². The molecule has 1 aliphatic rings. The largest absolute Gasteiger partial charge is 0.368 e. The first kappa shape index (κ1) is 14.5. The molecule has 0 saturated carbocycles. The fourth-order valence-corrected chi connectivity index (χ4v) is 2.57. The van der Waals surface area contributed by atoms with Gasteiger partial charge in [0.15, 0.2) is 0 Å². The van der Waals surface area contributed by atoms with Gasteiger partial charge >= 0.3 is 0 Å². The van der Waals surface area contributed by atoms with Crippen molar-refractivity contribution in [1.82, 2.24) is 14.9 Å². The average molecular weight is 283 g/mol. The molecule has 106 valence electrons. The van der Waals surface area contributed by atoms with Crippen molar-refractivity contribution in [2.75, 3.05) is 31.5 Å². The first-order chi connectivity index (χ1) is 9.20. The van der Waals surface area contributed by atoms with E-state index < -0.39 is 0 Å². The molecule has 2 heterocycles. The van der Waals surface area contributed by atoms with Crippen LogP contribution in [0.25, 0.3) is 0 Å². The van der Waals surface area contributed by atoms with Crippen molar-refractivity contribution in [3.63, 3.8) is 0 Å². The number of piperidine rings is 1. The van der Waals surface area contributed by atoms with E-state index in [0.717, 1.165) is 36.7 Å². The van der Waals surface area contributed by atoms with E-state index in [4.69, 9.17) is 11.6 Å². The molecule has 0 unspecified atom stereocenters. The second-order valence-corrected chi connectivity index (χ2v) is 5.44. The van der Waals surface area contributed by atoms with Crippen molar-refractivity contribution in [2.45, 2.75) is 39.5 Å². The molecule has 1 aromatic heterocycles. The highest BCUT2D eigenvalue weighted by molar-refractivity contribution is 6.30. The Morgan fingerprint density at radius 1 is 1.21 bits per heavy atom. The van der Waals surface area contributed by atoms with E-state index in [-0.39, 0.29) is 0 Å². The lowest BCUT2D eigenvalue weighted by Gasteiger charge is -2.26. The molecule has 5 heteroatoms. The smallest absolute Gasteiger partial charge is 0.137 e. The summed E-state index contributed by atoms with van der Waals surface area (Å²) in [5.74, 6) is 1.69. The lowest BCUT2D eigenvalue weighted by Crippen LogP contribution is -2.33. The summed E-state index contributed by atoms with van der Waals surface area (Å²) in [6.45, 7) is 8.44. The second kappa shape index (κ2) is 7.06. The molecule has 4 nitrogen and oxygen atoms in total. The van der Waals surface area contributed by atoms with Crippen molar-refractivity contribution < 1.29 is 0 Å². The Bertz CT molecular complexity index is 416. The Hall–Kier alpha value is -0.870. The third kappa shape index (κ3) is 4.05. The minimum atomic E-state index is 0.562. The van der Waals surface area contributed by atoms with Crippen molar-refractivity contribution in [2.24, 2.45) is 0 Å². The number of aromatic nitrogens is 2. The SMILES string of the molecule is CCc1nc(Cl)c(C)c(NCCN2CCCCC2)n1. The molecule has 1 saturated heterocycles. The lowest BCUT2D eigenvalue weighted by molar-refractivity contribution is 0.237. The maximum absolute atomic E-state index is 6.12. The number of aryl methyl sites for hydroxylation is 1. The predicted octanol–water partition coefficient (Wildman–Crippen LogP) is 2.90. The molecule has 1 aliphatic heterocycles. The topological polar surface area (TPSA) is 41.1 Å². The molecule has 1 aromatic rings. The highest BCUT2D eigenvalue weighted by Gasteiger charge is 2.11. The van der Waals surface area contributed by atoms with Crippen molar-refractivity contribution in [1.29, 1.82) is 0 Å². The normalized spacial score (nSPS) is 16.6. The molecule has 1 N–H and O–H groups in total. The first-order valence-corrected chi connectivity index (χ1v) is 7.57. The highest BCUT2D eigenvalue weighted by atomic mass is 35.5. The zero-order valence-electron chi connectivity index (χ0n) is 11.9. The van der Waals surface area contributed by atoms with E-state index in [1.807, 2.05) is 13.8 Å². The number of hydrogen-bond donors (Lipinski definition) is 1. The molecule has 0 radical (unpaired) electrons. The number of nitrogens with one attached hydrogen (secondary N) is 1. The van der Waals surface area contributed by atoms with Crippen LogP contribution < -0.4 is 5.32 Å². The number of hydrogen-bond acceptors (Lipinski definition) is 4.